The Bertz CT molecular complexity index is 1280. The first-order valence-electron chi connectivity index (χ1n) is 10.7. The summed E-state index contributed by atoms with van der Waals surface area (Å²) in [5.74, 6) is -1.07. The summed E-state index contributed by atoms with van der Waals surface area (Å²) < 4.78 is 5.65. The van der Waals surface area contributed by atoms with Crippen molar-refractivity contribution in [1.29, 1.82) is 0 Å². The van der Waals surface area contributed by atoms with Crippen molar-refractivity contribution < 1.29 is 19.4 Å². The molecule has 3 aromatic rings. The highest BCUT2D eigenvalue weighted by molar-refractivity contribution is 6.51. The predicted molar refractivity (Wildman–Crippen MR) is 130 cm³/mol. The third-order valence-corrected chi connectivity index (χ3v) is 5.90. The lowest BCUT2D eigenvalue weighted by Gasteiger charge is -2.26. The summed E-state index contributed by atoms with van der Waals surface area (Å²) in [6.07, 6.45) is 0. The fourth-order valence-corrected chi connectivity index (χ4v) is 4.30. The van der Waals surface area contributed by atoms with E-state index in [4.69, 9.17) is 16.3 Å². The van der Waals surface area contributed by atoms with Crippen molar-refractivity contribution in [2.45, 2.75) is 26.8 Å². The van der Waals surface area contributed by atoms with Crippen molar-refractivity contribution in [2.24, 2.45) is 0 Å². The van der Waals surface area contributed by atoms with Crippen LogP contribution in [0.15, 0.2) is 72.3 Å². The number of ether oxygens (including phenoxy) is 1. The van der Waals surface area contributed by atoms with Gasteiger partial charge in [0.15, 0.2) is 0 Å². The van der Waals surface area contributed by atoms with E-state index in [2.05, 4.69) is 0 Å². The van der Waals surface area contributed by atoms with Gasteiger partial charge in [0, 0.05) is 16.3 Å². The Morgan fingerprint density at radius 3 is 2.52 bits per heavy atom. The van der Waals surface area contributed by atoms with E-state index in [1.165, 1.54) is 4.90 Å². The molecular weight excluding hydrogens is 438 g/mol. The molecule has 168 valence electrons. The highest BCUT2D eigenvalue weighted by Gasteiger charge is 2.47. The molecule has 1 aliphatic rings. The van der Waals surface area contributed by atoms with Crippen molar-refractivity contribution >= 4 is 34.7 Å². The van der Waals surface area contributed by atoms with Crippen LogP contribution in [0.25, 0.3) is 5.76 Å². The minimum absolute atomic E-state index is 0.0299. The summed E-state index contributed by atoms with van der Waals surface area (Å²) in [5.41, 5.74) is 3.39. The molecule has 5 nitrogen and oxygen atoms in total. The second-order valence-corrected chi connectivity index (χ2v) is 8.41. The topological polar surface area (TPSA) is 66.8 Å². The van der Waals surface area contributed by atoms with Gasteiger partial charge in [0.1, 0.15) is 11.5 Å². The SMILES string of the molecule is CCOc1cccc(C2/C(=C(\O)c3cc(C)ccc3C)C(=O)C(=O)N2c2cccc(Cl)c2)c1. The van der Waals surface area contributed by atoms with Gasteiger partial charge < -0.3 is 9.84 Å². The number of aliphatic hydroxyl groups is 1. The number of hydrogen-bond donors (Lipinski definition) is 1. The number of benzene rings is 3. The second-order valence-electron chi connectivity index (χ2n) is 7.97. The van der Waals surface area contributed by atoms with Crippen molar-refractivity contribution in [3.8, 4) is 5.75 Å². The number of carbonyl (C=O) groups is 2. The molecule has 1 atom stereocenters. The van der Waals surface area contributed by atoms with Gasteiger partial charge in [0.2, 0.25) is 0 Å². The van der Waals surface area contributed by atoms with E-state index in [9.17, 15) is 14.7 Å². The highest BCUT2D eigenvalue weighted by Crippen LogP contribution is 2.43. The van der Waals surface area contributed by atoms with Crippen LogP contribution in [0.3, 0.4) is 0 Å². The van der Waals surface area contributed by atoms with Gasteiger partial charge in [-0.3, -0.25) is 14.5 Å². The van der Waals surface area contributed by atoms with E-state index < -0.39 is 17.7 Å². The van der Waals surface area contributed by atoms with Crippen LogP contribution in [0.2, 0.25) is 5.02 Å². The number of carbonyl (C=O) groups excluding carboxylic acids is 2. The molecule has 1 unspecified atom stereocenters. The number of hydrogen-bond acceptors (Lipinski definition) is 4. The number of aliphatic hydroxyl groups excluding tert-OH is 1. The number of nitrogens with zero attached hydrogens (tertiary/aromatic N) is 1. The number of ketones is 1. The van der Waals surface area contributed by atoms with Gasteiger partial charge in [0.05, 0.1) is 18.2 Å². The van der Waals surface area contributed by atoms with Crippen LogP contribution < -0.4 is 9.64 Å². The molecule has 0 aliphatic carbocycles. The van der Waals surface area contributed by atoms with Gasteiger partial charge in [-0.15, -0.1) is 0 Å². The van der Waals surface area contributed by atoms with Crippen molar-refractivity contribution in [3.63, 3.8) is 0 Å². The molecule has 3 aromatic carbocycles. The van der Waals surface area contributed by atoms with Gasteiger partial charge in [-0.25, -0.2) is 0 Å². The third kappa shape index (κ3) is 4.24. The van der Waals surface area contributed by atoms with Crippen molar-refractivity contribution in [1.82, 2.24) is 0 Å². The lowest BCUT2D eigenvalue weighted by atomic mass is 9.93. The summed E-state index contributed by atoms with van der Waals surface area (Å²) in [6, 6.07) is 18.7. The maximum Gasteiger partial charge on any atom is 0.300 e. The van der Waals surface area contributed by atoms with Crippen LogP contribution in [0, 0.1) is 13.8 Å². The zero-order valence-electron chi connectivity index (χ0n) is 18.6. The number of aryl methyl sites for hydroxylation is 2. The van der Waals surface area contributed by atoms with E-state index >= 15 is 0 Å². The van der Waals surface area contributed by atoms with Crippen LogP contribution in [0.4, 0.5) is 5.69 Å². The maximum absolute atomic E-state index is 13.3. The minimum atomic E-state index is -0.844. The van der Waals surface area contributed by atoms with E-state index in [-0.39, 0.29) is 11.3 Å². The number of halogens is 1. The van der Waals surface area contributed by atoms with Crippen LogP contribution in [0.5, 0.6) is 5.75 Å². The molecule has 0 aromatic heterocycles. The van der Waals surface area contributed by atoms with Crippen LogP contribution in [-0.2, 0) is 9.59 Å². The summed E-state index contributed by atoms with van der Waals surface area (Å²) in [7, 11) is 0. The third-order valence-electron chi connectivity index (χ3n) is 5.66. The molecule has 0 spiro atoms. The number of Topliss-reactive ketones (excluding diaryl/α,β-unsaturated/α-hetero) is 1. The molecule has 1 heterocycles. The van der Waals surface area contributed by atoms with E-state index in [1.54, 1.807) is 36.4 Å². The summed E-state index contributed by atoms with van der Waals surface area (Å²) in [4.78, 5) is 28.0. The molecule has 1 saturated heterocycles. The smallest absolute Gasteiger partial charge is 0.300 e. The van der Waals surface area contributed by atoms with E-state index in [1.807, 2.05) is 51.1 Å². The van der Waals surface area contributed by atoms with Crippen molar-refractivity contribution in [3.05, 3.63) is 99.6 Å². The zero-order chi connectivity index (χ0) is 23.7. The largest absolute Gasteiger partial charge is 0.507 e. The Labute approximate surface area is 197 Å². The molecule has 1 amide bonds. The van der Waals surface area contributed by atoms with Crippen LogP contribution >= 0.6 is 11.6 Å². The molecule has 0 bridgehead atoms. The summed E-state index contributed by atoms with van der Waals surface area (Å²) >= 11 is 6.20. The second kappa shape index (κ2) is 9.12. The van der Waals surface area contributed by atoms with Gasteiger partial charge in [-0.05, 0) is 68.3 Å². The quantitative estimate of drug-likeness (QED) is 0.288. The van der Waals surface area contributed by atoms with Gasteiger partial charge in [-0.1, -0.05) is 47.5 Å². The molecular formula is C27H24ClNO4. The Morgan fingerprint density at radius 1 is 1.03 bits per heavy atom. The number of amides is 1. The van der Waals surface area contributed by atoms with Gasteiger partial charge in [-0.2, -0.15) is 0 Å². The molecule has 0 radical (unpaired) electrons. The van der Waals surface area contributed by atoms with Gasteiger partial charge in [0.25, 0.3) is 11.7 Å². The molecule has 6 heteroatoms. The molecule has 4 rings (SSSR count). The molecule has 1 fully saturated rings. The maximum atomic E-state index is 13.3. The predicted octanol–water partition coefficient (Wildman–Crippen LogP) is 5.98. The lowest BCUT2D eigenvalue weighted by molar-refractivity contribution is -0.132. The van der Waals surface area contributed by atoms with Crippen LogP contribution in [-0.4, -0.2) is 23.4 Å². The average molecular weight is 462 g/mol. The Morgan fingerprint density at radius 2 is 1.79 bits per heavy atom. The normalized spacial score (nSPS) is 17.5. The first-order chi connectivity index (χ1) is 15.8. The zero-order valence-corrected chi connectivity index (χ0v) is 19.4. The lowest BCUT2D eigenvalue weighted by Crippen LogP contribution is -2.29. The highest BCUT2D eigenvalue weighted by atomic mass is 35.5. The molecule has 1 aliphatic heterocycles. The first kappa shape index (κ1) is 22.6. The first-order valence-corrected chi connectivity index (χ1v) is 11.1. The summed E-state index contributed by atoms with van der Waals surface area (Å²) in [6.45, 7) is 6.11. The molecule has 33 heavy (non-hydrogen) atoms. The van der Waals surface area contributed by atoms with Gasteiger partial charge >= 0.3 is 0 Å². The van der Waals surface area contributed by atoms with E-state index in [0.717, 1.165) is 11.1 Å². The molecule has 1 N–H and O–H groups in total. The van der Waals surface area contributed by atoms with E-state index in [0.29, 0.717) is 34.2 Å². The molecule has 0 saturated carbocycles. The number of rotatable bonds is 5. The standard InChI is InChI=1S/C27H24ClNO4/c1-4-33-21-10-5-7-18(14-21)24-23(25(30)22-13-16(2)11-12-17(22)3)26(31)27(32)29(24)20-9-6-8-19(28)15-20/h5-15,24,30H,4H2,1-3H3/b25-23+. The minimum Gasteiger partial charge on any atom is -0.507 e. The monoisotopic (exact) mass is 461 g/mol. The Balaban J connectivity index is 1.98. The Hall–Kier alpha value is -3.57. The fourth-order valence-electron chi connectivity index (χ4n) is 4.12. The Kier molecular flexibility index (Phi) is 6.25. The average Bonchev–Trinajstić information content (AvgIpc) is 3.06. The number of anilines is 1. The summed E-state index contributed by atoms with van der Waals surface area (Å²) in [5, 5.41) is 11.8. The van der Waals surface area contributed by atoms with Crippen molar-refractivity contribution in [2.75, 3.05) is 11.5 Å². The van der Waals surface area contributed by atoms with Crippen LogP contribution in [0.1, 0.15) is 35.2 Å². The fraction of sp³-hybridized carbons (Fsp3) is 0.185.